The van der Waals surface area contributed by atoms with E-state index in [4.69, 9.17) is 0 Å². The summed E-state index contributed by atoms with van der Waals surface area (Å²) in [5, 5.41) is 1.91. The maximum absolute atomic E-state index is 14.2. The third-order valence-corrected chi connectivity index (χ3v) is 5.48. The number of alkyl halides is 5. The highest BCUT2D eigenvalue weighted by molar-refractivity contribution is 7.97. The number of carbonyl (C=O) groups is 2. The SMILES string of the molecule is CCCCCCC#C[C@]1(C(F)(F)F)CC(c2ccc(OC(F)F)cc2)=C(C(=O)NSC)C(=O)N1. The van der Waals surface area contributed by atoms with Gasteiger partial charge in [0.05, 0.1) is 0 Å². The normalized spacial score (nSPS) is 18.3. The monoisotopic (exact) mass is 504 g/mol. The Morgan fingerprint density at radius 3 is 2.47 bits per heavy atom. The fourth-order valence-electron chi connectivity index (χ4n) is 3.43. The molecule has 34 heavy (non-hydrogen) atoms. The molecule has 2 rings (SSSR count). The van der Waals surface area contributed by atoms with Crippen molar-refractivity contribution in [2.75, 3.05) is 6.26 Å². The van der Waals surface area contributed by atoms with E-state index >= 15 is 0 Å². The molecule has 0 fully saturated rings. The number of hydrogen-bond donors (Lipinski definition) is 2. The van der Waals surface area contributed by atoms with Gasteiger partial charge < -0.3 is 10.1 Å². The van der Waals surface area contributed by atoms with Gasteiger partial charge in [-0.3, -0.25) is 14.3 Å². The van der Waals surface area contributed by atoms with E-state index in [0.29, 0.717) is 6.42 Å². The van der Waals surface area contributed by atoms with E-state index < -0.39 is 42.1 Å². The Hall–Kier alpha value is -2.74. The zero-order valence-corrected chi connectivity index (χ0v) is 19.5. The number of carbonyl (C=O) groups excluding carboxylic acids is 2. The number of amides is 2. The van der Waals surface area contributed by atoms with Crippen molar-refractivity contribution in [3.05, 3.63) is 35.4 Å². The van der Waals surface area contributed by atoms with Crippen LogP contribution < -0.4 is 14.8 Å². The van der Waals surface area contributed by atoms with Gasteiger partial charge in [-0.05, 0) is 29.7 Å². The Morgan fingerprint density at radius 1 is 1.24 bits per heavy atom. The molecule has 0 aliphatic carbocycles. The van der Waals surface area contributed by atoms with Crippen molar-refractivity contribution in [1.82, 2.24) is 10.0 Å². The summed E-state index contributed by atoms with van der Waals surface area (Å²) < 4.78 is 74.2. The predicted octanol–water partition coefficient (Wildman–Crippen LogP) is 5.23. The van der Waals surface area contributed by atoms with E-state index in [1.165, 1.54) is 18.4 Å². The molecule has 1 aromatic carbocycles. The highest BCUT2D eigenvalue weighted by Gasteiger charge is 2.58. The van der Waals surface area contributed by atoms with Crippen LogP contribution in [0.15, 0.2) is 29.8 Å². The van der Waals surface area contributed by atoms with Crippen LogP contribution in [0.5, 0.6) is 5.75 Å². The molecule has 1 aliphatic rings. The molecule has 1 heterocycles. The molecule has 11 heteroatoms. The van der Waals surface area contributed by atoms with Crippen molar-refractivity contribution in [1.29, 1.82) is 0 Å². The van der Waals surface area contributed by atoms with E-state index in [1.807, 2.05) is 12.2 Å². The van der Waals surface area contributed by atoms with Gasteiger partial charge in [-0.25, -0.2) is 0 Å². The van der Waals surface area contributed by atoms with Crippen molar-refractivity contribution >= 4 is 29.3 Å². The minimum atomic E-state index is -4.94. The molecule has 5 nitrogen and oxygen atoms in total. The average molecular weight is 505 g/mol. The molecule has 0 saturated heterocycles. The minimum absolute atomic E-state index is 0.0843. The predicted molar refractivity (Wildman–Crippen MR) is 120 cm³/mol. The summed E-state index contributed by atoms with van der Waals surface area (Å²) in [7, 11) is 0. The van der Waals surface area contributed by atoms with Crippen LogP contribution in [-0.4, -0.2) is 36.4 Å². The lowest BCUT2D eigenvalue weighted by Gasteiger charge is -2.37. The molecule has 0 bridgehead atoms. The molecule has 1 aromatic rings. The highest BCUT2D eigenvalue weighted by atomic mass is 32.2. The molecule has 2 N–H and O–H groups in total. The maximum atomic E-state index is 14.2. The Bertz CT molecular complexity index is 968. The molecule has 186 valence electrons. The highest BCUT2D eigenvalue weighted by Crippen LogP contribution is 2.42. The first-order valence-corrected chi connectivity index (χ1v) is 11.8. The lowest BCUT2D eigenvalue weighted by atomic mass is 9.80. The number of rotatable bonds is 9. The van der Waals surface area contributed by atoms with Crippen molar-refractivity contribution < 1.29 is 36.3 Å². The summed E-state index contributed by atoms with van der Waals surface area (Å²) >= 11 is 0.873. The summed E-state index contributed by atoms with van der Waals surface area (Å²) in [4.78, 5) is 25.3. The standard InChI is InChI=1S/C23H25F5N2O3S/c1-3-4-5-6-7-8-13-22(23(26,27)28)14-17(18(19(31)29-22)20(32)30-34-2)15-9-11-16(12-10-15)33-21(24)25/h9-12,21H,3-7,14H2,1-2H3,(H,29,31)(H,30,32)/t22-/m1/s1. The summed E-state index contributed by atoms with van der Waals surface area (Å²) in [6, 6.07) is 4.69. The number of hydrogen-bond acceptors (Lipinski definition) is 4. The van der Waals surface area contributed by atoms with Crippen LogP contribution in [0.1, 0.15) is 51.0 Å². The fourth-order valence-corrected chi connectivity index (χ4v) is 3.72. The van der Waals surface area contributed by atoms with Gasteiger partial charge in [0.2, 0.25) is 5.54 Å². The Labute approximate surface area is 199 Å². The number of halogens is 5. The summed E-state index contributed by atoms with van der Waals surface area (Å²) in [6.45, 7) is -1.08. The molecule has 2 amide bonds. The van der Waals surface area contributed by atoms with Gasteiger partial charge in [0, 0.05) is 19.1 Å². The van der Waals surface area contributed by atoms with Crippen LogP contribution in [0.2, 0.25) is 0 Å². The first-order chi connectivity index (χ1) is 16.0. The number of nitrogens with one attached hydrogen (secondary N) is 2. The summed E-state index contributed by atoms with van der Waals surface area (Å²) in [5.41, 5.74) is -3.51. The van der Waals surface area contributed by atoms with E-state index in [9.17, 15) is 31.5 Å². The summed E-state index contributed by atoms with van der Waals surface area (Å²) in [6.07, 6.45) is -0.667. The molecule has 0 saturated carbocycles. The van der Waals surface area contributed by atoms with Crippen molar-refractivity contribution in [2.45, 2.75) is 63.8 Å². The molecule has 0 spiro atoms. The van der Waals surface area contributed by atoms with Crippen molar-refractivity contribution in [3.63, 3.8) is 0 Å². The van der Waals surface area contributed by atoms with Crippen LogP contribution in [0.4, 0.5) is 22.0 Å². The van der Waals surface area contributed by atoms with Crippen molar-refractivity contribution in [3.8, 4) is 17.6 Å². The molecule has 1 aliphatic heterocycles. The lowest BCUT2D eigenvalue weighted by molar-refractivity contribution is -0.180. The van der Waals surface area contributed by atoms with Gasteiger partial charge in [0.1, 0.15) is 11.3 Å². The first kappa shape index (κ1) is 27.5. The second kappa shape index (κ2) is 12.1. The Balaban J connectivity index is 2.52. The van der Waals surface area contributed by atoms with E-state index in [2.05, 4.69) is 21.3 Å². The van der Waals surface area contributed by atoms with Crippen LogP contribution in [0, 0.1) is 11.8 Å². The van der Waals surface area contributed by atoms with Gasteiger partial charge in [0.15, 0.2) is 0 Å². The topological polar surface area (TPSA) is 67.4 Å². The molecule has 0 radical (unpaired) electrons. The van der Waals surface area contributed by atoms with E-state index in [0.717, 1.165) is 43.3 Å². The largest absolute Gasteiger partial charge is 0.435 e. The Morgan fingerprint density at radius 2 is 1.91 bits per heavy atom. The molecular formula is C23H25F5N2O3S. The Kier molecular flexibility index (Phi) is 9.79. The van der Waals surface area contributed by atoms with Gasteiger partial charge >= 0.3 is 12.8 Å². The first-order valence-electron chi connectivity index (χ1n) is 10.6. The lowest BCUT2D eigenvalue weighted by Crippen LogP contribution is -2.61. The number of benzene rings is 1. The third kappa shape index (κ3) is 6.88. The van der Waals surface area contributed by atoms with Gasteiger partial charge in [-0.15, -0.1) is 5.92 Å². The van der Waals surface area contributed by atoms with Gasteiger partial charge in [-0.2, -0.15) is 22.0 Å². The third-order valence-electron chi connectivity index (χ3n) is 5.09. The average Bonchev–Trinajstić information content (AvgIpc) is 2.75. The van der Waals surface area contributed by atoms with Crippen LogP contribution in [0.25, 0.3) is 5.57 Å². The summed E-state index contributed by atoms with van der Waals surface area (Å²) in [5.74, 6) is 2.43. The quantitative estimate of drug-likeness (QED) is 0.159. The molecular weight excluding hydrogens is 479 g/mol. The molecule has 0 aromatic heterocycles. The van der Waals surface area contributed by atoms with E-state index in [1.54, 1.807) is 0 Å². The smallest absolute Gasteiger partial charge is 0.423 e. The van der Waals surface area contributed by atoms with Crippen LogP contribution in [0.3, 0.4) is 0 Å². The van der Waals surface area contributed by atoms with E-state index in [-0.39, 0.29) is 23.3 Å². The maximum Gasteiger partial charge on any atom is 0.423 e. The molecule has 1 atom stereocenters. The van der Waals surface area contributed by atoms with Crippen molar-refractivity contribution in [2.24, 2.45) is 0 Å². The van der Waals surface area contributed by atoms with Gasteiger partial charge in [0.25, 0.3) is 11.8 Å². The second-order valence-corrected chi connectivity index (χ2v) is 8.15. The van der Waals surface area contributed by atoms with Gasteiger partial charge in [-0.1, -0.05) is 56.2 Å². The number of unbranched alkanes of at least 4 members (excludes halogenated alkanes) is 4. The zero-order chi connectivity index (χ0) is 25.4. The van der Waals surface area contributed by atoms with Crippen LogP contribution in [-0.2, 0) is 9.59 Å². The molecule has 0 unspecified atom stereocenters. The minimum Gasteiger partial charge on any atom is -0.435 e. The number of ether oxygens (including phenoxy) is 1. The van der Waals surface area contributed by atoms with Crippen LogP contribution >= 0.6 is 11.9 Å². The second-order valence-electron chi connectivity index (χ2n) is 7.54. The zero-order valence-electron chi connectivity index (χ0n) is 18.7. The fraction of sp³-hybridized carbons (Fsp3) is 0.478.